The first-order valence-electron chi connectivity index (χ1n) is 7.70. The first-order valence-corrected chi connectivity index (χ1v) is 7.70. The van der Waals surface area contributed by atoms with E-state index < -0.39 is 0 Å². The Morgan fingerprint density at radius 3 is 2.70 bits per heavy atom. The molecule has 6 nitrogen and oxygen atoms in total. The molecule has 1 aromatic carbocycles. The minimum Gasteiger partial charge on any atom is -0.439 e. The molecule has 1 atom stereocenters. The molecule has 1 aliphatic rings. The van der Waals surface area contributed by atoms with E-state index in [1.165, 1.54) is 6.33 Å². The van der Waals surface area contributed by atoms with Crippen molar-refractivity contribution >= 4 is 11.7 Å². The van der Waals surface area contributed by atoms with Crippen LogP contribution in [-0.2, 0) is 4.79 Å². The Morgan fingerprint density at radius 1 is 1.22 bits per heavy atom. The fourth-order valence-electron chi connectivity index (χ4n) is 2.80. The maximum absolute atomic E-state index is 11.6. The summed E-state index contributed by atoms with van der Waals surface area (Å²) in [7, 11) is 0. The number of para-hydroxylation sites is 1. The number of benzene rings is 1. The first kappa shape index (κ1) is 15.3. The molecule has 3 rings (SSSR count). The number of nitrogens with zero attached hydrogens (tertiary/aromatic N) is 4. The monoisotopic (exact) mass is 312 g/mol. The lowest BCUT2D eigenvalue weighted by atomic mass is 10.2. The summed E-state index contributed by atoms with van der Waals surface area (Å²) in [6.07, 6.45) is 1.51. The van der Waals surface area contributed by atoms with Crippen LogP contribution in [0.1, 0.15) is 13.8 Å². The smallest absolute Gasteiger partial charge is 0.224 e. The molecule has 1 saturated heterocycles. The van der Waals surface area contributed by atoms with E-state index in [0.29, 0.717) is 12.4 Å². The van der Waals surface area contributed by atoms with Crippen molar-refractivity contribution in [3.63, 3.8) is 0 Å². The number of rotatable bonds is 3. The molecule has 6 heteroatoms. The van der Waals surface area contributed by atoms with Gasteiger partial charge in [0.25, 0.3) is 0 Å². The van der Waals surface area contributed by atoms with Gasteiger partial charge in [0.1, 0.15) is 17.9 Å². The highest BCUT2D eigenvalue weighted by Crippen LogP contribution is 2.23. The van der Waals surface area contributed by atoms with Crippen molar-refractivity contribution < 1.29 is 9.53 Å². The van der Waals surface area contributed by atoms with Crippen LogP contribution < -0.4 is 9.64 Å². The third kappa shape index (κ3) is 3.59. The number of ether oxygens (including phenoxy) is 1. The van der Waals surface area contributed by atoms with Crippen LogP contribution in [0.3, 0.4) is 0 Å². The highest BCUT2D eigenvalue weighted by Gasteiger charge is 2.26. The van der Waals surface area contributed by atoms with E-state index in [1.54, 1.807) is 6.92 Å². The summed E-state index contributed by atoms with van der Waals surface area (Å²) >= 11 is 0. The topological polar surface area (TPSA) is 58.6 Å². The second kappa shape index (κ2) is 6.64. The van der Waals surface area contributed by atoms with Crippen molar-refractivity contribution in [1.82, 2.24) is 14.9 Å². The molecule has 1 aromatic heterocycles. The summed E-state index contributed by atoms with van der Waals surface area (Å²) in [5.41, 5.74) is 0. The van der Waals surface area contributed by atoms with Crippen LogP contribution in [0.2, 0.25) is 0 Å². The molecule has 2 aromatic rings. The fourth-order valence-corrected chi connectivity index (χ4v) is 2.80. The molecule has 0 bridgehead atoms. The van der Waals surface area contributed by atoms with Gasteiger partial charge in [-0.2, -0.15) is 0 Å². The lowest BCUT2D eigenvalue weighted by Crippen LogP contribution is -2.53. The van der Waals surface area contributed by atoms with Crippen molar-refractivity contribution in [2.24, 2.45) is 0 Å². The average molecular weight is 312 g/mol. The number of carbonyl (C=O) groups excluding carboxylic acids is 1. The number of hydrogen-bond donors (Lipinski definition) is 0. The second-order valence-electron chi connectivity index (χ2n) is 5.64. The SMILES string of the molecule is CC(=O)N1CCN(c2cc(Oc3ccccc3)ncn2)C[C@H]1C. The number of anilines is 1. The highest BCUT2D eigenvalue weighted by molar-refractivity contribution is 5.74. The zero-order chi connectivity index (χ0) is 16.2. The Balaban J connectivity index is 1.72. The molecule has 1 aliphatic heterocycles. The standard InChI is InChI=1S/C17H20N4O2/c1-13-11-20(8-9-21(13)14(2)22)16-10-17(19-12-18-16)23-15-6-4-3-5-7-15/h3-7,10,12-13H,8-9,11H2,1-2H3/t13-/m1/s1. The number of amides is 1. The molecule has 0 aliphatic carbocycles. The average Bonchev–Trinajstić information content (AvgIpc) is 2.55. The van der Waals surface area contributed by atoms with Crippen molar-refractivity contribution in [2.45, 2.75) is 19.9 Å². The molecular formula is C17H20N4O2. The summed E-state index contributed by atoms with van der Waals surface area (Å²) in [4.78, 5) is 24.1. The van der Waals surface area contributed by atoms with Crippen LogP contribution in [0.5, 0.6) is 11.6 Å². The van der Waals surface area contributed by atoms with E-state index in [-0.39, 0.29) is 11.9 Å². The van der Waals surface area contributed by atoms with Gasteiger partial charge in [0.05, 0.1) is 0 Å². The minimum atomic E-state index is 0.118. The number of hydrogen-bond acceptors (Lipinski definition) is 5. The quantitative estimate of drug-likeness (QED) is 0.870. The summed E-state index contributed by atoms with van der Waals surface area (Å²) in [6.45, 7) is 5.88. The summed E-state index contributed by atoms with van der Waals surface area (Å²) in [6, 6.07) is 11.5. The van der Waals surface area contributed by atoms with Crippen molar-refractivity contribution in [1.29, 1.82) is 0 Å². The third-order valence-corrected chi connectivity index (χ3v) is 3.95. The number of aromatic nitrogens is 2. The Kier molecular flexibility index (Phi) is 4.41. The molecule has 23 heavy (non-hydrogen) atoms. The van der Waals surface area contributed by atoms with E-state index >= 15 is 0 Å². The summed E-state index contributed by atoms with van der Waals surface area (Å²) < 4.78 is 5.75. The molecule has 0 saturated carbocycles. The molecule has 2 heterocycles. The second-order valence-corrected chi connectivity index (χ2v) is 5.64. The fraction of sp³-hybridized carbons (Fsp3) is 0.353. The maximum atomic E-state index is 11.6. The number of carbonyl (C=O) groups is 1. The van der Waals surface area contributed by atoms with Gasteiger partial charge in [0, 0.05) is 38.7 Å². The van der Waals surface area contributed by atoms with E-state index in [0.717, 1.165) is 24.7 Å². The lowest BCUT2D eigenvalue weighted by molar-refractivity contribution is -0.131. The minimum absolute atomic E-state index is 0.118. The molecule has 0 radical (unpaired) electrons. The van der Waals surface area contributed by atoms with Crippen molar-refractivity contribution in [3.8, 4) is 11.6 Å². The molecule has 0 unspecified atom stereocenters. The number of piperazine rings is 1. The van der Waals surface area contributed by atoms with Crippen molar-refractivity contribution in [3.05, 3.63) is 42.7 Å². The first-order chi connectivity index (χ1) is 11.1. The maximum Gasteiger partial charge on any atom is 0.224 e. The molecule has 1 fully saturated rings. The lowest BCUT2D eigenvalue weighted by Gasteiger charge is -2.39. The van der Waals surface area contributed by atoms with E-state index in [9.17, 15) is 4.79 Å². The summed E-state index contributed by atoms with van der Waals surface area (Å²) in [5.74, 6) is 2.20. The van der Waals surface area contributed by atoms with Crippen LogP contribution >= 0.6 is 0 Å². The van der Waals surface area contributed by atoms with Gasteiger partial charge < -0.3 is 14.5 Å². The predicted molar refractivity (Wildman–Crippen MR) is 87.6 cm³/mol. The normalized spacial score (nSPS) is 17.9. The van der Waals surface area contributed by atoms with Crippen LogP contribution in [0.15, 0.2) is 42.7 Å². The molecule has 1 amide bonds. The van der Waals surface area contributed by atoms with E-state index in [2.05, 4.69) is 21.8 Å². The zero-order valence-corrected chi connectivity index (χ0v) is 13.3. The van der Waals surface area contributed by atoms with Gasteiger partial charge >= 0.3 is 0 Å². The molecular weight excluding hydrogens is 292 g/mol. The van der Waals surface area contributed by atoms with Gasteiger partial charge in [-0.15, -0.1) is 0 Å². The molecule has 0 N–H and O–H groups in total. The largest absolute Gasteiger partial charge is 0.439 e. The Labute approximate surface area is 135 Å². The third-order valence-electron chi connectivity index (χ3n) is 3.95. The molecule has 120 valence electrons. The summed E-state index contributed by atoms with van der Waals surface area (Å²) in [5, 5.41) is 0. The van der Waals surface area contributed by atoms with Gasteiger partial charge in [0.2, 0.25) is 11.8 Å². The van der Waals surface area contributed by atoms with E-state index in [1.807, 2.05) is 41.3 Å². The van der Waals surface area contributed by atoms with Crippen molar-refractivity contribution in [2.75, 3.05) is 24.5 Å². The van der Waals surface area contributed by atoms with Gasteiger partial charge in [-0.25, -0.2) is 9.97 Å². The highest BCUT2D eigenvalue weighted by atomic mass is 16.5. The van der Waals surface area contributed by atoms with Crippen LogP contribution in [0.4, 0.5) is 5.82 Å². The van der Waals surface area contributed by atoms with Gasteiger partial charge in [-0.3, -0.25) is 4.79 Å². The molecule has 0 spiro atoms. The van der Waals surface area contributed by atoms with Crippen LogP contribution in [0, 0.1) is 0 Å². The van der Waals surface area contributed by atoms with Gasteiger partial charge in [0.15, 0.2) is 0 Å². The van der Waals surface area contributed by atoms with Crippen LogP contribution in [-0.4, -0.2) is 46.5 Å². The van der Waals surface area contributed by atoms with Crippen LogP contribution in [0.25, 0.3) is 0 Å². The predicted octanol–water partition coefficient (Wildman–Crippen LogP) is 2.33. The van der Waals surface area contributed by atoms with Gasteiger partial charge in [-0.1, -0.05) is 18.2 Å². The Bertz CT molecular complexity index is 677. The zero-order valence-electron chi connectivity index (χ0n) is 13.3. The Hall–Kier alpha value is -2.63. The van der Waals surface area contributed by atoms with Gasteiger partial charge in [-0.05, 0) is 19.1 Å². The Morgan fingerprint density at radius 2 is 2.00 bits per heavy atom. The van der Waals surface area contributed by atoms with E-state index in [4.69, 9.17) is 4.74 Å².